The summed E-state index contributed by atoms with van der Waals surface area (Å²) in [7, 11) is 0.305. The molecule has 2 bridgehead atoms. The summed E-state index contributed by atoms with van der Waals surface area (Å²) in [6.45, 7) is 6.27. The number of benzene rings is 2. The number of rotatable bonds is 1. The lowest BCUT2D eigenvalue weighted by Crippen LogP contribution is -2.49. The Bertz CT molecular complexity index is 1460. The van der Waals surface area contributed by atoms with Gasteiger partial charge >= 0.3 is 0 Å². The van der Waals surface area contributed by atoms with E-state index in [0.29, 0.717) is 24.0 Å². The molecule has 47 heavy (non-hydrogen) atoms. The molecule has 2 fully saturated rings. The first kappa shape index (κ1) is 35.2. The monoisotopic (exact) mass is 716 g/mol. The Hall–Kier alpha value is -1.65. The lowest BCUT2D eigenvalue weighted by molar-refractivity contribution is 0.0131. The number of hydrogen-bond donors (Lipinski definition) is 1. The Morgan fingerprint density at radius 3 is 2.64 bits per heavy atom. The standard InChI is InChI=1S/C33H41ClN2O4S.C4H8S2/c1-21-6-4-8-30(39-3)27-12-9-25(27)18-36-19-33(15-5-7-23-16-26(34)11-13-28(23)33)20-40-31-14-10-24(17-29(31)36)32(37)35-41(38)22(21)2;1-2-5-4-6-3-1/h4,8,10-11,13-14,16-17,21-22,25,27,30H,5-7,9,12,15,18-20H2,1-3H3,(H,35,37);1-4H2/b8-4+;/t21?,22?,25?,27?,30?,33-,41?;/m0./s1. The molecule has 1 saturated heterocycles. The first-order chi connectivity index (χ1) is 22.8. The first-order valence-electron chi connectivity index (χ1n) is 17.2. The van der Waals surface area contributed by atoms with Crippen LogP contribution in [-0.4, -0.2) is 64.9 Å². The molecule has 1 saturated carbocycles. The third kappa shape index (κ3) is 8.06. The zero-order valence-electron chi connectivity index (χ0n) is 27.9. The van der Waals surface area contributed by atoms with Gasteiger partial charge < -0.3 is 14.4 Å². The number of halogens is 1. The molecule has 1 spiro atoms. The SMILES string of the molecule is C1CSCSC1.COC1/C=C/CC(C)C(C)S(=O)NC(=O)c2ccc3c(c2)N(CC2CCC21)C[C@@]1(CCCc2cc(Cl)ccc21)CO3. The Labute approximate surface area is 297 Å². The van der Waals surface area contributed by atoms with Gasteiger partial charge in [-0.15, -0.1) is 0 Å². The predicted octanol–water partition coefficient (Wildman–Crippen LogP) is 8.05. The number of anilines is 1. The number of amides is 1. The van der Waals surface area contributed by atoms with Crippen molar-refractivity contribution in [3.05, 3.63) is 70.3 Å². The molecule has 5 aliphatic rings. The van der Waals surface area contributed by atoms with Crippen molar-refractivity contribution in [2.24, 2.45) is 17.8 Å². The summed E-state index contributed by atoms with van der Waals surface area (Å²) in [6, 6.07) is 12.0. The van der Waals surface area contributed by atoms with Crippen LogP contribution in [0.2, 0.25) is 5.02 Å². The molecule has 256 valence electrons. The van der Waals surface area contributed by atoms with Gasteiger partial charge in [-0.25, -0.2) is 4.21 Å². The van der Waals surface area contributed by atoms with Crippen molar-refractivity contribution in [2.45, 2.75) is 75.6 Å². The molecule has 6 unspecified atom stereocenters. The fourth-order valence-electron chi connectivity index (χ4n) is 7.70. The molecule has 6 nitrogen and oxygen atoms in total. The number of ether oxygens (including phenoxy) is 2. The van der Waals surface area contributed by atoms with Crippen LogP contribution in [0.25, 0.3) is 0 Å². The zero-order valence-corrected chi connectivity index (χ0v) is 31.1. The second-order valence-electron chi connectivity index (χ2n) is 13.9. The van der Waals surface area contributed by atoms with Crippen LogP contribution in [0.5, 0.6) is 5.75 Å². The molecule has 1 N–H and O–H groups in total. The van der Waals surface area contributed by atoms with E-state index >= 15 is 0 Å². The van der Waals surface area contributed by atoms with Crippen molar-refractivity contribution in [3.8, 4) is 5.75 Å². The summed E-state index contributed by atoms with van der Waals surface area (Å²) in [5, 5.41) is 1.92. The zero-order chi connectivity index (χ0) is 33.0. The normalized spacial score (nSPS) is 33.0. The third-order valence-corrected chi connectivity index (χ3v) is 15.1. The van der Waals surface area contributed by atoms with Crippen LogP contribution in [-0.2, 0) is 27.6 Å². The number of thioether (sulfide) groups is 2. The number of allylic oxidation sites excluding steroid dienone is 1. The smallest absolute Gasteiger partial charge is 0.263 e. The van der Waals surface area contributed by atoms with Gasteiger partial charge in [-0.1, -0.05) is 36.7 Å². The highest BCUT2D eigenvalue weighted by Crippen LogP contribution is 2.47. The molecule has 1 amide bonds. The maximum atomic E-state index is 13.3. The minimum atomic E-state index is -1.50. The highest BCUT2D eigenvalue weighted by atomic mass is 35.5. The van der Waals surface area contributed by atoms with E-state index in [2.05, 4.69) is 64.4 Å². The number of carbonyl (C=O) groups excluding carboxylic acids is 1. The maximum Gasteiger partial charge on any atom is 0.263 e. The number of fused-ring (bicyclic) bond motifs is 4. The first-order valence-corrected chi connectivity index (χ1v) is 21.1. The van der Waals surface area contributed by atoms with Crippen molar-refractivity contribution in [2.75, 3.05) is 48.3 Å². The number of methoxy groups -OCH3 is 1. The molecule has 10 heteroatoms. The lowest BCUT2D eigenvalue weighted by atomic mass is 9.68. The van der Waals surface area contributed by atoms with Crippen LogP contribution in [0.4, 0.5) is 5.69 Å². The maximum absolute atomic E-state index is 13.3. The average molecular weight is 717 g/mol. The summed E-state index contributed by atoms with van der Waals surface area (Å²) in [4.78, 5) is 15.8. The number of nitrogens with zero attached hydrogens (tertiary/aromatic N) is 1. The van der Waals surface area contributed by atoms with Gasteiger partial charge in [-0.3, -0.25) is 9.52 Å². The number of carbonyl (C=O) groups is 1. The molecular weight excluding hydrogens is 668 g/mol. The second kappa shape index (κ2) is 15.9. The Morgan fingerprint density at radius 1 is 1.11 bits per heavy atom. The Kier molecular flexibility index (Phi) is 11.9. The van der Waals surface area contributed by atoms with Gasteiger partial charge in [0.1, 0.15) is 16.7 Å². The lowest BCUT2D eigenvalue weighted by Gasteiger charge is -2.46. The molecular formula is C37H49ClN2O4S3. The van der Waals surface area contributed by atoms with Gasteiger partial charge in [0.2, 0.25) is 0 Å². The molecule has 3 aliphatic heterocycles. The molecule has 0 aromatic heterocycles. The quantitative estimate of drug-likeness (QED) is 0.300. The number of aryl methyl sites for hydroxylation is 1. The van der Waals surface area contributed by atoms with Crippen LogP contribution in [0.15, 0.2) is 48.6 Å². The number of hydrogen-bond acceptors (Lipinski definition) is 7. The van der Waals surface area contributed by atoms with Crippen molar-refractivity contribution >= 4 is 57.7 Å². The van der Waals surface area contributed by atoms with Gasteiger partial charge in [0.15, 0.2) is 0 Å². The van der Waals surface area contributed by atoms with E-state index in [1.807, 2.05) is 25.1 Å². The Balaban J connectivity index is 0.000000580. The van der Waals surface area contributed by atoms with Crippen molar-refractivity contribution < 1.29 is 18.5 Å². The highest BCUT2D eigenvalue weighted by molar-refractivity contribution is 8.16. The van der Waals surface area contributed by atoms with Crippen LogP contribution in [0.3, 0.4) is 0 Å². The van der Waals surface area contributed by atoms with E-state index in [1.165, 1.54) is 34.1 Å². The topological polar surface area (TPSA) is 67.9 Å². The van der Waals surface area contributed by atoms with E-state index in [9.17, 15) is 9.00 Å². The van der Waals surface area contributed by atoms with Crippen LogP contribution < -0.4 is 14.4 Å². The highest BCUT2D eigenvalue weighted by Gasteiger charge is 2.44. The van der Waals surface area contributed by atoms with Crippen LogP contribution in [0, 0.1) is 17.8 Å². The van der Waals surface area contributed by atoms with E-state index < -0.39 is 11.0 Å². The fraction of sp³-hybridized carbons (Fsp3) is 0.595. The number of nitrogens with one attached hydrogen (secondary N) is 1. The molecule has 0 radical (unpaired) electrons. The van der Waals surface area contributed by atoms with Crippen molar-refractivity contribution in [3.63, 3.8) is 0 Å². The summed E-state index contributed by atoms with van der Waals surface area (Å²) < 4.78 is 28.5. The summed E-state index contributed by atoms with van der Waals surface area (Å²) in [6.07, 6.45) is 12.1. The molecule has 7 atom stereocenters. The van der Waals surface area contributed by atoms with E-state index in [-0.39, 0.29) is 28.6 Å². The fourth-order valence-corrected chi connectivity index (χ4v) is 11.2. The van der Waals surface area contributed by atoms with E-state index in [4.69, 9.17) is 21.1 Å². The van der Waals surface area contributed by atoms with E-state index in [1.54, 1.807) is 13.2 Å². The van der Waals surface area contributed by atoms with Gasteiger partial charge in [0, 0.05) is 41.3 Å². The summed E-state index contributed by atoms with van der Waals surface area (Å²) in [5.41, 5.74) is 3.90. The predicted molar refractivity (Wildman–Crippen MR) is 200 cm³/mol. The molecule has 2 aromatic carbocycles. The molecule has 7 rings (SSSR count). The summed E-state index contributed by atoms with van der Waals surface area (Å²) >= 11 is 10.5. The molecule has 2 aliphatic carbocycles. The van der Waals surface area contributed by atoms with Crippen LogP contribution >= 0.6 is 35.1 Å². The van der Waals surface area contributed by atoms with Crippen molar-refractivity contribution in [1.82, 2.24) is 4.72 Å². The van der Waals surface area contributed by atoms with Crippen molar-refractivity contribution in [1.29, 1.82) is 0 Å². The van der Waals surface area contributed by atoms with Gasteiger partial charge in [0.25, 0.3) is 5.91 Å². The minimum absolute atomic E-state index is 0.0508. The molecule has 2 aromatic rings. The largest absolute Gasteiger partial charge is 0.490 e. The van der Waals surface area contributed by atoms with Gasteiger partial charge in [0.05, 0.1) is 23.6 Å². The Morgan fingerprint density at radius 2 is 1.94 bits per heavy atom. The average Bonchev–Trinajstić information content (AvgIpc) is 3.23. The van der Waals surface area contributed by atoms with Gasteiger partial charge in [-0.05, 0) is 123 Å². The second-order valence-corrected chi connectivity index (χ2v) is 18.4. The van der Waals surface area contributed by atoms with E-state index in [0.717, 1.165) is 68.1 Å². The van der Waals surface area contributed by atoms with Crippen LogP contribution in [0.1, 0.15) is 73.9 Å². The minimum Gasteiger partial charge on any atom is -0.490 e. The van der Waals surface area contributed by atoms with Gasteiger partial charge in [-0.2, -0.15) is 23.5 Å². The summed E-state index contributed by atoms with van der Waals surface area (Å²) in [5.74, 6) is 4.32. The molecule has 3 heterocycles. The third-order valence-electron chi connectivity index (χ3n) is 10.8.